The third-order valence-corrected chi connectivity index (χ3v) is 7.93. The Morgan fingerprint density at radius 3 is 2.47 bits per heavy atom. The van der Waals surface area contributed by atoms with Gasteiger partial charge in [0, 0.05) is 32.7 Å². The largest absolute Gasteiger partial charge is 0.493 e. The van der Waals surface area contributed by atoms with Crippen molar-refractivity contribution in [1.82, 2.24) is 14.9 Å². The summed E-state index contributed by atoms with van der Waals surface area (Å²) in [7, 11) is 5.04. The minimum Gasteiger partial charge on any atom is -0.493 e. The molecule has 1 amide bonds. The Morgan fingerprint density at radius 1 is 1.03 bits per heavy atom. The van der Waals surface area contributed by atoms with Crippen LogP contribution in [-0.4, -0.2) is 67.4 Å². The Labute approximate surface area is 234 Å². The Kier molecular flexibility index (Phi) is 10.1. The summed E-state index contributed by atoms with van der Waals surface area (Å²) < 4.78 is 10.7. The fraction of sp³-hybridized carbons (Fsp3) is 0.414. The van der Waals surface area contributed by atoms with Gasteiger partial charge in [0.25, 0.3) is 0 Å². The highest BCUT2D eigenvalue weighted by molar-refractivity contribution is 7.99. The zero-order valence-electron chi connectivity index (χ0n) is 22.2. The number of aromatic nitrogens is 2. The van der Waals surface area contributed by atoms with E-state index in [1.54, 1.807) is 19.1 Å². The first-order valence-corrected chi connectivity index (χ1v) is 14.2. The Morgan fingerprint density at radius 2 is 1.76 bits per heavy atom. The molecule has 0 atom stereocenters. The van der Waals surface area contributed by atoms with Crippen LogP contribution in [0, 0.1) is 5.92 Å². The molecule has 38 heavy (non-hydrogen) atoms. The predicted molar refractivity (Wildman–Crippen MR) is 154 cm³/mol. The fourth-order valence-electron chi connectivity index (χ4n) is 4.62. The second-order valence-corrected chi connectivity index (χ2v) is 10.8. The zero-order valence-corrected chi connectivity index (χ0v) is 23.8. The van der Waals surface area contributed by atoms with Crippen LogP contribution in [0.25, 0.3) is 0 Å². The van der Waals surface area contributed by atoms with Gasteiger partial charge in [-0.2, -0.15) is 0 Å². The second kappa shape index (κ2) is 13.7. The molecule has 0 unspecified atom stereocenters. The smallest absolute Gasteiger partial charge is 0.232 e. The fourth-order valence-corrected chi connectivity index (χ4v) is 5.64. The van der Waals surface area contributed by atoms with E-state index < -0.39 is 0 Å². The van der Waals surface area contributed by atoms with Gasteiger partial charge in [-0.15, -0.1) is 0 Å². The number of methoxy groups -OCH3 is 2. The molecular weight excluding hydrogens is 520 g/mol. The van der Waals surface area contributed by atoms with Crippen molar-refractivity contribution in [3.05, 3.63) is 70.9 Å². The summed E-state index contributed by atoms with van der Waals surface area (Å²) in [6.07, 6.45) is 4.05. The first-order valence-electron chi connectivity index (χ1n) is 12.9. The van der Waals surface area contributed by atoms with Gasteiger partial charge in [-0.3, -0.25) is 4.79 Å². The molecule has 2 aromatic carbocycles. The van der Waals surface area contributed by atoms with E-state index in [1.807, 2.05) is 31.3 Å². The number of hydrogen-bond donors (Lipinski definition) is 0. The number of thioether (sulfide) groups is 1. The topological polar surface area (TPSA) is 67.8 Å². The molecule has 3 aromatic rings. The van der Waals surface area contributed by atoms with Crippen LogP contribution < -0.4 is 14.4 Å². The van der Waals surface area contributed by atoms with Crippen LogP contribution in [0.3, 0.4) is 0 Å². The molecule has 4 rings (SSSR count). The highest BCUT2D eigenvalue weighted by Crippen LogP contribution is 2.29. The van der Waals surface area contributed by atoms with E-state index in [4.69, 9.17) is 26.1 Å². The van der Waals surface area contributed by atoms with Crippen LogP contribution in [0.4, 0.5) is 5.82 Å². The lowest BCUT2D eigenvalue weighted by molar-refractivity contribution is -0.127. The molecule has 0 bridgehead atoms. The van der Waals surface area contributed by atoms with Gasteiger partial charge in [0.2, 0.25) is 5.91 Å². The summed E-state index contributed by atoms with van der Waals surface area (Å²) in [6, 6.07) is 18.3. The lowest BCUT2D eigenvalue weighted by Gasteiger charge is -2.33. The maximum Gasteiger partial charge on any atom is 0.232 e. The molecule has 1 fully saturated rings. The van der Waals surface area contributed by atoms with Gasteiger partial charge < -0.3 is 19.3 Å². The van der Waals surface area contributed by atoms with Gasteiger partial charge >= 0.3 is 0 Å². The number of halogens is 1. The zero-order chi connectivity index (χ0) is 26.9. The Balaban J connectivity index is 1.26. The van der Waals surface area contributed by atoms with Gasteiger partial charge in [-0.1, -0.05) is 59.8 Å². The third kappa shape index (κ3) is 7.77. The number of rotatable bonds is 11. The standard InChI is InChI=1S/C29H35ClN4O3S/c1-33(14-11-22-9-10-24(36-2)25(18-22)37-3)28(35)20-38-29-31-26(30)19-27(32-29)34-15-12-23(13-16-34)17-21-7-5-4-6-8-21/h4-10,18-19,23H,11-17,20H2,1-3H3. The highest BCUT2D eigenvalue weighted by atomic mass is 35.5. The van der Waals surface area contributed by atoms with Crippen LogP contribution in [0.15, 0.2) is 59.8 Å². The molecule has 7 nitrogen and oxygen atoms in total. The van der Waals surface area contributed by atoms with Crippen molar-refractivity contribution in [3.8, 4) is 11.5 Å². The van der Waals surface area contributed by atoms with E-state index in [0.717, 1.165) is 43.7 Å². The van der Waals surface area contributed by atoms with Crippen LogP contribution in [-0.2, 0) is 17.6 Å². The van der Waals surface area contributed by atoms with Gasteiger partial charge in [-0.05, 0) is 54.9 Å². The number of carbonyl (C=O) groups is 1. The van der Waals surface area contributed by atoms with Gasteiger partial charge in [-0.25, -0.2) is 9.97 Å². The normalized spacial score (nSPS) is 13.8. The van der Waals surface area contributed by atoms with Crippen molar-refractivity contribution in [1.29, 1.82) is 0 Å². The Hall–Kier alpha value is -2.97. The van der Waals surface area contributed by atoms with Crippen LogP contribution in [0.5, 0.6) is 11.5 Å². The number of carbonyl (C=O) groups excluding carboxylic acids is 1. The lowest BCUT2D eigenvalue weighted by Crippen LogP contribution is -2.35. The molecule has 1 aliphatic rings. The van der Waals surface area contributed by atoms with Crippen molar-refractivity contribution < 1.29 is 14.3 Å². The first kappa shape index (κ1) is 28.0. The number of amides is 1. The average Bonchev–Trinajstić information content (AvgIpc) is 2.95. The molecule has 0 N–H and O–H groups in total. The van der Waals surface area contributed by atoms with E-state index in [1.165, 1.54) is 17.3 Å². The minimum atomic E-state index is 0.0160. The van der Waals surface area contributed by atoms with E-state index in [0.29, 0.717) is 40.7 Å². The summed E-state index contributed by atoms with van der Waals surface area (Å²) in [4.78, 5) is 25.9. The van der Waals surface area contributed by atoms with Crippen molar-refractivity contribution in [3.63, 3.8) is 0 Å². The van der Waals surface area contributed by atoms with Gasteiger partial charge in [0.05, 0.1) is 20.0 Å². The number of hydrogen-bond acceptors (Lipinski definition) is 7. The summed E-state index contributed by atoms with van der Waals surface area (Å²) in [5.74, 6) is 3.15. The molecule has 1 aromatic heterocycles. The summed E-state index contributed by atoms with van der Waals surface area (Å²) in [5, 5.41) is 0.929. The molecule has 0 spiro atoms. The molecule has 202 valence electrons. The van der Waals surface area contributed by atoms with Crippen LogP contribution in [0.2, 0.25) is 5.15 Å². The predicted octanol–water partition coefficient (Wildman–Crippen LogP) is 5.40. The van der Waals surface area contributed by atoms with E-state index in [-0.39, 0.29) is 11.7 Å². The van der Waals surface area contributed by atoms with Crippen molar-refractivity contribution in [2.45, 2.75) is 30.8 Å². The monoisotopic (exact) mass is 554 g/mol. The van der Waals surface area contributed by atoms with Crippen molar-refractivity contribution in [2.75, 3.05) is 51.6 Å². The maximum atomic E-state index is 12.8. The maximum absolute atomic E-state index is 12.8. The summed E-state index contributed by atoms with van der Waals surface area (Å²) in [5.41, 5.74) is 2.47. The number of anilines is 1. The van der Waals surface area contributed by atoms with Crippen LogP contribution >= 0.6 is 23.4 Å². The number of piperidine rings is 1. The molecule has 1 aliphatic heterocycles. The molecule has 9 heteroatoms. The van der Waals surface area contributed by atoms with Gasteiger partial charge in [0.1, 0.15) is 11.0 Å². The van der Waals surface area contributed by atoms with Crippen molar-refractivity contribution >= 4 is 35.1 Å². The third-order valence-electron chi connectivity index (χ3n) is 6.90. The molecular formula is C29H35ClN4O3S. The first-order chi connectivity index (χ1) is 18.4. The number of ether oxygens (including phenoxy) is 2. The molecule has 0 saturated carbocycles. The second-order valence-electron chi connectivity index (χ2n) is 9.49. The highest BCUT2D eigenvalue weighted by Gasteiger charge is 2.22. The van der Waals surface area contributed by atoms with E-state index in [9.17, 15) is 4.79 Å². The number of nitrogens with zero attached hydrogens (tertiary/aromatic N) is 4. The van der Waals surface area contributed by atoms with E-state index in [2.05, 4.69) is 40.2 Å². The molecule has 0 aliphatic carbocycles. The summed E-state index contributed by atoms with van der Waals surface area (Å²) >= 11 is 7.66. The Bertz CT molecular complexity index is 1210. The van der Waals surface area contributed by atoms with E-state index >= 15 is 0 Å². The van der Waals surface area contributed by atoms with Gasteiger partial charge in [0.15, 0.2) is 16.7 Å². The molecule has 0 radical (unpaired) electrons. The van der Waals surface area contributed by atoms with Crippen molar-refractivity contribution in [2.24, 2.45) is 5.92 Å². The summed E-state index contributed by atoms with van der Waals surface area (Å²) in [6.45, 7) is 2.47. The minimum absolute atomic E-state index is 0.0160. The lowest BCUT2D eigenvalue weighted by atomic mass is 9.90. The molecule has 1 saturated heterocycles. The van der Waals surface area contributed by atoms with Crippen LogP contribution in [0.1, 0.15) is 24.0 Å². The quantitative estimate of drug-likeness (QED) is 0.179. The average molecular weight is 555 g/mol. The SMILES string of the molecule is COc1ccc(CCN(C)C(=O)CSc2nc(Cl)cc(N3CCC(Cc4ccccc4)CC3)n2)cc1OC. The number of likely N-dealkylation sites (N-methyl/N-ethyl adjacent to an activating group) is 1. The molecule has 2 heterocycles. The number of benzene rings is 2.